The van der Waals surface area contributed by atoms with Crippen LogP contribution in [0.5, 0.6) is 0 Å². The third-order valence-electron chi connectivity index (χ3n) is 5.14. The van der Waals surface area contributed by atoms with Crippen LogP contribution in [0.25, 0.3) is 5.69 Å². The van der Waals surface area contributed by atoms with Gasteiger partial charge in [-0.1, -0.05) is 28.4 Å². The largest absolute Gasteiger partial charge is 0.480 e. The highest BCUT2D eigenvalue weighted by Gasteiger charge is 2.39. The topological polar surface area (TPSA) is 130 Å². The average molecular weight is 480 g/mol. The van der Waals surface area contributed by atoms with E-state index in [1.54, 1.807) is 42.2 Å². The molecule has 1 aromatic carbocycles. The van der Waals surface area contributed by atoms with Crippen molar-refractivity contribution in [3.63, 3.8) is 0 Å². The number of carboxylic acids is 1. The third kappa shape index (κ3) is 4.40. The average Bonchev–Trinajstić information content (AvgIpc) is 3.35. The van der Waals surface area contributed by atoms with Gasteiger partial charge in [0.15, 0.2) is 5.15 Å². The zero-order chi connectivity index (χ0) is 23.0. The van der Waals surface area contributed by atoms with Gasteiger partial charge in [-0.3, -0.25) is 9.48 Å². The van der Waals surface area contributed by atoms with Crippen molar-refractivity contribution in [2.75, 3.05) is 18.0 Å². The molecule has 1 aliphatic rings. The van der Waals surface area contributed by atoms with Crippen LogP contribution >= 0.6 is 23.2 Å². The highest BCUT2D eigenvalue weighted by molar-refractivity contribution is 6.31. The number of carbonyl (C=O) groups is 2. The number of benzene rings is 1. The monoisotopic (exact) mass is 479 g/mol. The number of piperazine rings is 1. The van der Waals surface area contributed by atoms with Crippen molar-refractivity contribution < 1.29 is 19.8 Å². The molecule has 32 heavy (non-hydrogen) atoms. The Bertz CT molecular complexity index is 1160. The second-order valence-electron chi connectivity index (χ2n) is 7.31. The number of β-amino-alcohol motifs (C(OH)–C–C–N with tert-alkyl or cyclic N) is 1. The van der Waals surface area contributed by atoms with Gasteiger partial charge in [0, 0.05) is 24.7 Å². The molecule has 2 unspecified atom stereocenters. The molecule has 11 nitrogen and oxygen atoms in total. The maximum atomic E-state index is 13.0. The number of rotatable bonds is 6. The lowest BCUT2D eigenvalue weighted by atomic mass is 10.1. The summed E-state index contributed by atoms with van der Waals surface area (Å²) in [5.74, 6) is -1.63. The number of aliphatic hydroxyl groups excluding tert-OH is 1. The van der Waals surface area contributed by atoms with Gasteiger partial charge in [0.2, 0.25) is 5.91 Å². The predicted octanol–water partition coefficient (Wildman–Crippen LogP) is 0.970. The second kappa shape index (κ2) is 8.77. The smallest absolute Gasteiger partial charge is 0.326 e. The lowest BCUT2D eigenvalue weighted by molar-refractivity contribution is -0.152. The van der Waals surface area contributed by atoms with Gasteiger partial charge in [-0.2, -0.15) is 5.10 Å². The number of hydrogen-bond donors (Lipinski definition) is 2. The Morgan fingerprint density at radius 3 is 2.69 bits per heavy atom. The molecule has 2 atom stereocenters. The van der Waals surface area contributed by atoms with E-state index in [2.05, 4.69) is 15.4 Å². The highest BCUT2D eigenvalue weighted by Crippen LogP contribution is 2.31. The zero-order valence-electron chi connectivity index (χ0n) is 16.8. The van der Waals surface area contributed by atoms with E-state index in [0.29, 0.717) is 22.1 Å². The maximum absolute atomic E-state index is 13.0. The lowest BCUT2D eigenvalue weighted by Gasteiger charge is -2.42. The van der Waals surface area contributed by atoms with E-state index >= 15 is 0 Å². The molecule has 2 aromatic heterocycles. The summed E-state index contributed by atoms with van der Waals surface area (Å²) in [4.78, 5) is 27.5. The van der Waals surface area contributed by atoms with Gasteiger partial charge >= 0.3 is 5.97 Å². The Kier molecular flexibility index (Phi) is 6.04. The predicted molar refractivity (Wildman–Crippen MR) is 115 cm³/mol. The van der Waals surface area contributed by atoms with Crippen molar-refractivity contribution in [1.29, 1.82) is 0 Å². The Morgan fingerprint density at radius 2 is 2.06 bits per heavy atom. The molecule has 4 rings (SSSR count). The summed E-state index contributed by atoms with van der Waals surface area (Å²) in [6.45, 7) is -0.477. The maximum Gasteiger partial charge on any atom is 0.326 e. The quantitative estimate of drug-likeness (QED) is 0.534. The molecule has 0 aliphatic carbocycles. The Morgan fingerprint density at radius 1 is 1.28 bits per heavy atom. The Hall–Kier alpha value is -3.15. The fourth-order valence-electron chi connectivity index (χ4n) is 3.65. The van der Waals surface area contributed by atoms with E-state index in [9.17, 15) is 19.8 Å². The minimum Gasteiger partial charge on any atom is -0.480 e. The molecule has 3 aromatic rings. The minimum atomic E-state index is -1.19. The van der Waals surface area contributed by atoms with Gasteiger partial charge < -0.3 is 20.0 Å². The van der Waals surface area contributed by atoms with Gasteiger partial charge in [0.1, 0.15) is 12.3 Å². The van der Waals surface area contributed by atoms with Crippen LogP contribution in [0.2, 0.25) is 10.2 Å². The summed E-state index contributed by atoms with van der Waals surface area (Å²) in [6.07, 6.45) is 2.01. The molecule has 0 radical (unpaired) electrons. The molecule has 168 valence electrons. The lowest BCUT2D eigenvalue weighted by Crippen LogP contribution is -2.61. The Labute approximate surface area is 192 Å². The van der Waals surface area contributed by atoms with Gasteiger partial charge in [0.25, 0.3) is 0 Å². The number of halogens is 2. The number of aliphatic carboxylic acids is 1. The van der Waals surface area contributed by atoms with Crippen molar-refractivity contribution in [3.05, 3.63) is 52.5 Å². The van der Waals surface area contributed by atoms with Crippen molar-refractivity contribution >= 4 is 40.8 Å². The number of aromatic nitrogens is 5. The van der Waals surface area contributed by atoms with Crippen molar-refractivity contribution in [1.82, 2.24) is 29.7 Å². The molecule has 0 bridgehead atoms. The molecule has 13 heteroatoms. The van der Waals surface area contributed by atoms with E-state index in [4.69, 9.17) is 23.2 Å². The summed E-state index contributed by atoms with van der Waals surface area (Å²) in [5.41, 5.74) is 1.46. The minimum absolute atomic E-state index is 0.0223. The standard InChI is InChI=1S/C19H19Cl2N7O4/c1-25-5-4-12(23-25)7-15(19(31)32)27-10-17(29)26(9-18(27)30)14-6-11(20)2-3-13(14)28-8-16(21)22-24-28/h2-6,8,15,17,29H,7,9-10H2,1H3,(H,31,32). The van der Waals surface area contributed by atoms with Crippen LogP contribution in [0.1, 0.15) is 5.69 Å². The van der Waals surface area contributed by atoms with E-state index in [1.807, 2.05) is 0 Å². The highest BCUT2D eigenvalue weighted by atomic mass is 35.5. The van der Waals surface area contributed by atoms with E-state index in [-0.39, 0.29) is 24.7 Å². The molecule has 1 aliphatic heterocycles. The van der Waals surface area contributed by atoms with Crippen LogP contribution in [-0.4, -0.2) is 77.1 Å². The number of hydrogen-bond acceptors (Lipinski definition) is 7. The zero-order valence-corrected chi connectivity index (χ0v) is 18.3. The summed E-state index contributed by atoms with van der Waals surface area (Å²) < 4.78 is 2.96. The molecular formula is C19H19Cl2N7O4. The summed E-state index contributed by atoms with van der Waals surface area (Å²) in [5, 5.41) is 33.1. The molecule has 1 saturated heterocycles. The van der Waals surface area contributed by atoms with Crippen LogP contribution in [-0.2, 0) is 23.1 Å². The summed E-state index contributed by atoms with van der Waals surface area (Å²) in [6, 6.07) is 5.40. The first kappa shape index (κ1) is 22.1. The third-order valence-corrected chi connectivity index (χ3v) is 5.55. The SMILES string of the molecule is Cn1ccc(CC(C(=O)O)N2CC(O)N(c3cc(Cl)ccc3-n3cc(Cl)nn3)CC2=O)n1. The normalized spacial score (nSPS) is 17.6. The van der Waals surface area contributed by atoms with Gasteiger partial charge in [0.05, 0.1) is 36.4 Å². The first-order valence-corrected chi connectivity index (χ1v) is 10.3. The fraction of sp³-hybridized carbons (Fsp3) is 0.316. The number of anilines is 1. The number of carbonyl (C=O) groups excluding carboxylic acids is 1. The first-order valence-electron chi connectivity index (χ1n) is 9.56. The first-order chi connectivity index (χ1) is 15.2. The van der Waals surface area contributed by atoms with Crippen molar-refractivity contribution in [2.45, 2.75) is 18.7 Å². The van der Waals surface area contributed by atoms with Crippen LogP contribution < -0.4 is 4.90 Å². The fourth-order valence-corrected chi connectivity index (χ4v) is 3.94. The molecule has 2 N–H and O–H groups in total. The van der Waals surface area contributed by atoms with Crippen LogP contribution in [0, 0.1) is 0 Å². The molecular weight excluding hydrogens is 461 g/mol. The van der Waals surface area contributed by atoms with Gasteiger partial charge in [-0.05, 0) is 24.3 Å². The van der Waals surface area contributed by atoms with Crippen LogP contribution in [0.3, 0.4) is 0 Å². The van der Waals surface area contributed by atoms with Crippen molar-refractivity contribution in [2.24, 2.45) is 7.05 Å². The molecule has 0 spiro atoms. The number of carboxylic acid groups (broad SMARTS) is 1. The summed E-state index contributed by atoms with van der Waals surface area (Å²) >= 11 is 12.0. The Balaban J connectivity index is 1.61. The van der Waals surface area contributed by atoms with Crippen molar-refractivity contribution in [3.8, 4) is 5.69 Å². The van der Waals surface area contributed by atoms with Gasteiger partial charge in [-0.25, -0.2) is 9.48 Å². The number of aryl methyl sites for hydroxylation is 1. The molecule has 1 fully saturated rings. The van der Waals surface area contributed by atoms with Crippen LogP contribution in [0.4, 0.5) is 5.69 Å². The van der Waals surface area contributed by atoms with E-state index in [1.165, 1.54) is 15.8 Å². The molecule has 0 saturated carbocycles. The molecule has 3 heterocycles. The molecule has 1 amide bonds. The van der Waals surface area contributed by atoms with Gasteiger partial charge in [-0.15, -0.1) is 5.10 Å². The summed E-state index contributed by atoms with van der Waals surface area (Å²) in [7, 11) is 1.72. The number of aliphatic hydroxyl groups is 1. The van der Waals surface area contributed by atoms with Crippen LogP contribution in [0.15, 0.2) is 36.7 Å². The second-order valence-corrected chi connectivity index (χ2v) is 8.14. The van der Waals surface area contributed by atoms with E-state index in [0.717, 1.165) is 4.90 Å². The van der Waals surface area contributed by atoms with E-state index < -0.39 is 24.1 Å². The number of nitrogens with zero attached hydrogens (tertiary/aromatic N) is 7. The number of amides is 1.